The number of nitrogens with zero attached hydrogens (tertiary/aromatic N) is 2. The number of Topliss-reactive ketones (excluding diaryl/α,β-unsaturated/α-hetero) is 1. The first-order chi connectivity index (χ1) is 15.6. The molecule has 0 bridgehead atoms. The van der Waals surface area contributed by atoms with Gasteiger partial charge in [0.25, 0.3) is 0 Å². The van der Waals surface area contributed by atoms with Crippen LogP contribution < -0.4 is 5.14 Å². The number of aromatic nitrogens is 1. The Kier molecular flexibility index (Phi) is 6.00. The summed E-state index contributed by atoms with van der Waals surface area (Å²) in [4.78, 5) is 15.2. The highest BCUT2D eigenvalue weighted by atomic mass is 32.2. The molecule has 0 saturated heterocycles. The highest BCUT2D eigenvalue weighted by Gasteiger charge is 2.22. The van der Waals surface area contributed by atoms with Crippen molar-refractivity contribution in [1.29, 1.82) is 0 Å². The number of para-hydroxylation sites is 1. The Hall–Kier alpha value is -3.20. The van der Waals surface area contributed by atoms with Crippen LogP contribution >= 0.6 is 0 Å². The number of nitrogens with two attached hydrogens (primary N) is 1. The van der Waals surface area contributed by atoms with Crippen LogP contribution in [0.5, 0.6) is 0 Å². The smallest absolute Gasteiger partial charge is 0.238 e. The lowest BCUT2D eigenvalue weighted by atomic mass is 10.1. The first-order valence-electron chi connectivity index (χ1n) is 10.6. The van der Waals surface area contributed by atoms with Crippen LogP contribution in [0.2, 0.25) is 0 Å². The van der Waals surface area contributed by atoms with Crippen LogP contribution in [0, 0.1) is 13.8 Å². The molecule has 4 rings (SSSR count). The number of hydrogen-bond acceptors (Lipinski definition) is 5. The van der Waals surface area contributed by atoms with E-state index in [9.17, 15) is 13.2 Å². The monoisotopic (exact) mass is 465 g/mol. The summed E-state index contributed by atoms with van der Waals surface area (Å²) in [5.41, 5.74) is 3.90. The minimum Gasteiger partial charge on any atom is -0.459 e. The number of primary sulfonamides is 1. The Bertz CT molecular complexity index is 1400. The van der Waals surface area contributed by atoms with E-state index in [1.165, 1.54) is 12.1 Å². The van der Waals surface area contributed by atoms with E-state index in [2.05, 4.69) is 0 Å². The molecule has 1 unspecified atom stereocenters. The second-order valence-electron chi connectivity index (χ2n) is 8.36. The lowest BCUT2D eigenvalue weighted by molar-refractivity contribution is 0.0917. The number of aryl methyl sites for hydroxylation is 1. The molecule has 0 radical (unpaired) electrons. The summed E-state index contributed by atoms with van der Waals surface area (Å²) in [7, 11) is -1.86. The molecule has 33 heavy (non-hydrogen) atoms. The van der Waals surface area contributed by atoms with E-state index in [4.69, 9.17) is 9.56 Å². The minimum atomic E-state index is -3.76. The molecule has 0 spiro atoms. The Morgan fingerprint density at radius 3 is 2.39 bits per heavy atom. The Balaban J connectivity index is 1.55. The summed E-state index contributed by atoms with van der Waals surface area (Å²) >= 11 is 0. The summed E-state index contributed by atoms with van der Waals surface area (Å²) in [6.07, 6.45) is 0. The average Bonchev–Trinajstić information content (AvgIpc) is 3.33. The Morgan fingerprint density at radius 1 is 1.09 bits per heavy atom. The Labute approximate surface area is 193 Å². The van der Waals surface area contributed by atoms with Crippen LogP contribution in [0.25, 0.3) is 16.7 Å². The number of sulfonamides is 1. The SMILES string of the molecule is Cc1cc(C(=O)CN(C)C(C)c2cc3ccccc3o2)c(C)n1-c1ccc(S(N)(=O)=O)cc1. The maximum absolute atomic E-state index is 13.2. The molecular formula is C25H27N3O4S. The number of benzene rings is 2. The standard InChI is InChI=1S/C25H27N3O4S/c1-16-13-22(17(2)28(16)20-9-11-21(12-10-20)33(26,30)31)23(29)15-27(4)18(3)25-14-19-7-5-6-8-24(19)32-25/h5-14,18H,15H2,1-4H3,(H2,26,30,31). The molecule has 0 aliphatic heterocycles. The quantitative estimate of drug-likeness (QED) is 0.409. The van der Waals surface area contributed by atoms with E-state index in [1.54, 1.807) is 12.1 Å². The van der Waals surface area contributed by atoms with Gasteiger partial charge in [-0.15, -0.1) is 0 Å². The van der Waals surface area contributed by atoms with Crippen LogP contribution in [0.15, 0.2) is 70.0 Å². The summed E-state index contributed by atoms with van der Waals surface area (Å²) in [5, 5.41) is 6.23. The summed E-state index contributed by atoms with van der Waals surface area (Å²) in [6, 6.07) is 17.9. The van der Waals surface area contributed by atoms with Crippen molar-refractivity contribution in [2.45, 2.75) is 31.7 Å². The van der Waals surface area contributed by atoms with Gasteiger partial charge in [0.2, 0.25) is 10.0 Å². The fraction of sp³-hybridized carbons (Fsp3) is 0.240. The van der Waals surface area contributed by atoms with E-state index in [-0.39, 0.29) is 23.3 Å². The molecule has 0 aliphatic rings. The van der Waals surface area contributed by atoms with Crippen molar-refractivity contribution in [3.63, 3.8) is 0 Å². The number of fused-ring (bicyclic) bond motifs is 1. The molecule has 0 saturated carbocycles. The molecular weight excluding hydrogens is 438 g/mol. The van der Waals surface area contributed by atoms with E-state index in [1.807, 2.05) is 73.7 Å². The molecule has 2 aromatic carbocycles. The largest absolute Gasteiger partial charge is 0.459 e. The van der Waals surface area contributed by atoms with Crippen molar-refractivity contribution in [2.24, 2.45) is 5.14 Å². The molecule has 2 N–H and O–H groups in total. The van der Waals surface area contributed by atoms with E-state index in [0.717, 1.165) is 33.8 Å². The van der Waals surface area contributed by atoms with Crippen molar-refractivity contribution in [3.05, 3.63) is 83.4 Å². The average molecular weight is 466 g/mol. The van der Waals surface area contributed by atoms with Gasteiger partial charge in [0.15, 0.2) is 5.78 Å². The lowest BCUT2D eigenvalue weighted by Gasteiger charge is -2.22. The van der Waals surface area contributed by atoms with Crippen LogP contribution in [0.3, 0.4) is 0 Å². The van der Waals surface area contributed by atoms with Crippen LogP contribution in [-0.4, -0.2) is 37.3 Å². The highest BCUT2D eigenvalue weighted by molar-refractivity contribution is 7.89. The number of ketones is 1. The zero-order chi connectivity index (χ0) is 23.9. The molecule has 2 aromatic heterocycles. The third-order valence-electron chi connectivity index (χ3n) is 6.07. The number of hydrogen-bond donors (Lipinski definition) is 1. The van der Waals surface area contributed by atoms with Gasteiger partial charge in [-0.25, -0.2) is 13.6 Å². The van der Waals surface area contributed by atoms with E-state index >= 15 is 0 Å². The number of rotatable bonds is 7. The fourth-order valence-corrected chi connectivity index (χ4v) is 4.62. The molecule has 7 nitrogen and oxygen atoms in total. The van der Waals surface area contributed by atoms with Gasteiger partial charge in [-0.05, 0) is 70.3 Å². The maximum Gasteiger partial charge on any atom is 0.238 e. The third kappa shape index (κ3) is 4.50. The highest BCUT2D eigenvalue weighted by Crippen LogP contribution is 2.28. The molecule has 0 amide bonds. The van der Waals surface area contributed by atoms with Gasteiger partial charge in [-0.2, -0.15) is 0 Å². The topological polar surface area (TPSA) is 98.5 Å². The first-order valence-corrected chi connectivity index (χ1v) is 12.1. The van der Waals surface area contributed by atoms with Crippen LogP contribution in [0.1, 0.15) is 40.5 Å². The third-order valence-corrected chi connectivity index (χ3v) is 6.99. The molecule has 8 heteroatoms. The number of carbonyl (C=O) groups excluding carboxylic acids is 1. The van der Waals surface area contributed by atoms with Gasteiger partial charge in [0, 0.05) is 28.0 Å². The summed E-state index contributed by atoms with van der Waals surface area (Å²) < 4.78 is 31.0. The van der Waals surface area contributed by atoms with E-state index in [0.29, 0.717) is 5.56 Å². The minimum absolute atomic E-state index is 0.000896. The van der Waals surface area contributed by atoms with Gasteiger partial charge in [-0.3, -0.25) is 9.69 Å². The first kappa shape index (κ1) is 23.0. The maximum atomic E-state index is 13.2. The number of carbonyl (C=O) groups is 1. The molecule has 1 atom stereocenters. The zero-order valence-corrected chi connectivity index (χ0v) is 19.9. The summed E-state index contributed by atoms with van der Waals surface area (Å²) in [5.74, 6) is 0.813. The normalized spacial score (nSPS) is 13.0. The van der Waals surface area contributed by atoms with Gasteiger partial charge in [0.1, 0.15) is 11.3 Å². The van der Waals surface area contributed by atoms with Crippen molar-refractivity contribution >= 4 is 26.8 Å². The molecule has 0 fully saturated rings. The van der Waals surface area contributed by atoms with Crippen LogP contribution in [0.4, 0.5) is 0 Å². The number of furan rings is 1. The second kappa shape index (κ2) is 8.62. The number of likely N-dealkylation sites (N-methyl/N-ethyl adjacent to an activating group) is 1. The van der Waals surface area contributed by atoms with Crippen LogP contribution in [-0.2, 0) is 10.0 Å². The molecule has 2 heterocycles. The van der Waals surface area contributed by atoms with Crippen molar-refractivity contribution in [1.82, 2.24) is 9.47 Å². The predicted octanol–water partition coefficient (Wildman–Crippen LogP) is 4.36. The van der Waals surface area contributed by atoms with Gasteiger partial charge in [0.05, 0.1) is 17.5 Å². The van der Waals surface area contributed by atoms with Gasteiger partial charge in [-0.1, -0.05) is 18.2 Å². The van der Waals surface area contributed by atoms with Gasteiger partial charge < -0.3 is 8.98 Å². The lowest BCUT2D eigenvalue weighted by Crippen LogP contribution is -2.28. The predicted molar refractivity (Wildman–Crippen MR) is 128 cm³/mol. The fourth-order valence-electron chi connectivity index (χ4n) is 4.10. The molecule has 172 valence electrons. The van der Waals surface area contributed by atoms with Crippen molar-refractivity contribution < 1.29 is 17.6 Å². The Morgan fingerprint density at radius 2 is 1.76 bits per heavy atom. The molecule has 4 aromatic rings. The van der Waals surface area contributed by atoms with Gasteiger partial charge >= 0.3 is 0 Å². The second-order valence-corrected chi connectivity index (χ2v) is 9.92. The van der Waals surface area contributed by atoms with Crippen molar-refractivity contribution in [3.8, 4) is 5.69 Å². The summed E-state index contributed by atoms with van der Waals surface area (Å²) in [6.45, 7) is 6.04. The zero-order valence-electron chi connectivity index (χ0n) is 19.1. The van der Waals surface area contributed by atoms with Crippen molar-refractivity contribution in [2.75, 3.05) is 13.6 Å². The van der Waals surface area contributed by atoms with E-state index < -0.39 is 10.0 Å². The molecule has 0 aliphatic carbocycles.